The highest BCUT2D eigenvalue weighted by molar-refractivity contribution is 6.38. The standard InChI is InChI=1S/C50H31N/c1-2-15-39(16-3-1)51(40-28-26-33(27-29-40)37-25-22-32-10-4-5-11-36(32)30-37)46-31-38-14-8-19-42-41-17-6-12-34-23-24-35-13-7-18-43(48(35)47(34)41)44-20-9-21-45(46)50(44)49(38)42/h1-31H. The number of nitrogens with zero attached hydrogens (tertiary/aromatic N) is 1. The van der Waals surface area contributed by atoms with Crippen LogP contribution >= 0.6 is 0 Å². The third-order valence-corrected chi connectivity index (χ3v) is 10.9. The molecule has 0 fully saturated rings. The molecule has 0 heterocycles. The Hall–Kier alpha value is -6.70. The molecule has 11 aromatic rings. The molecule has 0 radical (unpaired) electrons. The maximum atomic E-state index is 2.43. The smallest absolute Gasteiger partial charge is 0.0546 e. The Morgan fingerprint density at radius 1 is 0.255 bits per heavy atom. The average molecular weight is 646 g/mol. The summed E-state index contributed by atoms with van der Waals surface area (Å²) in [6.45, 7) is 0. The third-order valence-electron chi connectivity index (χ3n) is 10.9. The molecule has 1 nitrogen and oxygen atoms in total. The summed E-state index contributed by atoms with van der Waals surface area (Å²) in [5, 5.41) is 18.0. The lowest BCUT2D eigenvalue weighted by molar-refractivity contribution is 1.30. The molecule has 0 spiro atoms. The van der Waals surface area contributed by atoms with Gasteiger partial charge in [-0.2, -0.15) is 0 Å². The normalized spacial score (nSPS) is 11.9. The Balaban J connectivity index is 1.22. The fourth-order valence-electron chi connectivity index (χ4n) is 8.64. The number of anilines is 3. The third kappa shape index (κ3) is 4.22. The number of hydrogen-bond acceptors (Lipinski definition) is 1. The summed E-state index contributed by atoms with van der Waals surface area (Å²) in [5.41, 5.74) is 5.84. The number of hydrogen-bond donors (Lipinski definition) is 0. The molecular weight excluding hydrogens is 615 g/mol. The Labute approximate surface area is 295 Å². The van der Waals surface area contributed by atoms with Gasteiger partial charge in [0, 0.05) is 22.1 Å². The van der Waals surface area contributed by atoms with Crippen molar-refractivity contribution in [3.63, 3.8) is 0 Å². The Bertz CT molecular complexity index is 3120. The van der Waals surface area contributed by atoms with E-state index in [9.17, 15) is 0 Å². The summed E-state index contributed by atoms with van der Waals surface area (Å²) in [6.07, 6.45) is 0. The Morgan fingerprint density at radius 2 is 0.725 bits per heavy atom. The van der Waals surface area contributed by atoms with Crippen molar-refractivity contribution in [2.75, 3.05) is 4.90 Å². The van der Waals surface area contributed by atoms with Gasteiger partial charge in [0.25, 0.3) is 0 Å². The van der Waals surface area contributed by atoms with Crippen molar-refractivity contribution in [3.05, 3.63) is 188 Å². The first kappa shape index (κ1) is 28.2. The second kappa shape index (κ2) is 10.9. The Morgan fingerprint density at radius 3 is 1.41 bits per heavy atom. The van der Waals surface area contributed by atoms with Crippen molar-refractivity contribution in [3.8, 4) is 11.1 Å². The van der Waals surface area contributed by atoms with Crippen LogP contribution in [0.3, 0.4) is 0 Å². The van der Waals surface area contributed by atoms with E-state index >= 15 is 0 Å². The van der Waals surface area contributed by atoms with E-state index in [1.165, 1.54) is 92.2 Å². The van der Waals surface area contributed by atoms with E-state index in [4.69, 9.17) is 0 Å². The number of rotatable bonds is 4. The van der Waals surface area contributed by atoms with Crippen molar-refractivity contribution < 1.29 is 0 Å². The second-order valence-corrected chi connectivity index (χ2v) is 13.7. The minimum atomic E-state index is 1.12. The van der Waals surface area contributed by atoms with E-state index in [-0.39, 0.29) is 0 Å². The van der Waals surface area contributed by atoms with Crippen molar-refractivity contribution in [1.29, 1.82) is 0 Å². The minimum Gasteiger partial charge on any atom is -0.310 e. The lowest BCUT2D eigenvalue weighted by Crippen LogP contribution is -2.10. The average Bonchev–Trinajstić information content (AvgIpc) is 3.20. The van der Waals surface area contributed by atoms with Gasteiger partial charge in [-0.15, -0.1) is 0 Å². The van der Waals surface area contributed by atoms with E-state index in [2.05, 4.69) is 193 Å². The molecule has 0 saturated heterocycles. The van der Waals surface area contributed by atoms with Crippen molar-refractivity contribution >= 4 is 92.5 Å². The van der Waals surface area contributed by atoms with Gasteiger partial charge in [-0.25, -0.2) is 0 Å². The van der Waals surface area contributed by atoms with Gasteiger partial charge >= 0.3 is 0 Å². The Kier molecular flexibility index (Phi) is 6.02. The van der Waals surface area contributed by atoms with Gasteiger partial charge in [0.2, 0.25) is 0 Å². The van der Waals surface area contributed by atoms with Crippen LogP contribution in [0.2, 0.25) is 0 Å². The number of para-hydroxylation sites is 1. The van der Waals surface area contributed by atoms with E-state index in [0.717, 1.165) is 11.4 Å². The molecule has 0 bridgehead atoms. The highest BCUT2D eigenvalue weighted by atomic mass is 15.1. The molecule has 11 rings (SSSR count). The van der Waals surface area contributed by atoms with Gasteiger partial charge in [0.15, 0.2) is 0 Å². The van der Waals surface area contributed by atoms with Crippen LogP contribution < -0.4 is 4.90 Å². The molecule has 0 atom stereocenters. The molecule has 0 aliphatic carbocycles. The highest BCUT2D eigenvalue weighted by Crippen LogP contribution is 2.48. The van der Waals surface area contributed by atoms with E-state index in [1.54, 1.807) is 0 Å². The van der Waals surface area contributed by atoms with Crippen LogP contribution in [0, 0.1) is 0 Å². The minimum absolute atomic E-state index is 1.12. The molecule has 0 aliphatic heterocycles. The lowest BCUT2D eigenvalue weighted by atomic mass is 9.87. The van der Waals surface area contributed by atoms with E-state index in [0.29, 0.717) is 0 Å². The SMILES string of the molecule is c1ccc(N(c2ccc(-c3ccc4ccccc4c3)cc2)c2cc3cccc4c5cccc6ccc7cccc(c8cccc2c8c34)c7c65)cc1. The lowest BCUT2D eigenvalue weighted by Gasteiger charge is -2.28. The van der Waals surface area contributed by atoms with Crippen molar-refractivity contribution in [2.45, 2.75) is 0 Å². The van der Waals surface area contributed by atoms with Gasteiger partial charge in [0.05, 0.1) is 5.69 Å². The molecule has 11 aromatic carbocycles. The van der Waals surface area contributed by atoms with Gasteiger partial charge < -0.3 is 4.90 Å². The zero-order valence-corrected chi connectivity index (χ0v) is 27.8. The van der Waals surface area contributed by atoms with Crippen LogP contribution in [-0.4, -0.2) is 0 Å². The maximum Gasteiger partial charge on any atom is 0.0546 e. The fourth-order valence-corrected chi connectivity index (χ4v) is 8.64. The predicted molar refractivity (Wildman–Crippen MR) is 220 cm³/mol. The van der Waals surface area contributed by atoms with Gasteiger partial charge in [0.1, 0.15) is 0 Å². The molecule has 0 aromatic heterocycles. The second-order valence-electron chi connectivity index (χ2n) is 13.7. The predicted octanol–water partition coefficient (Wildman–Crippen LogP) is 14.3. The van der Waals surface area contributed by atoms with Crippen LogP contribution in [0.4, 0.5) is 17.1 Å². The largest absolute Gasteiger partial charge is 0.310 e. The van der Waals surface area contributed by atoms with Crippen LogP contribution in [0.5, 0.6) is 0 Å². The number of fused-ring (bicyclic) bond motifs is 3. The molecule has 0 unspecified atom stereocenters. The molecule has 51 heavy (non-hydrogen) atoms. The molecule has 0 saturated carbocycles. The fraction of sp³-hybridized carbons (Fsp3) is 0. The van der Waals surface area contributed by atoms with Gasteiger partial charge in [-0.1, -0.05) is 152 Å². The van der Waals surface area contributed by atoms with Crippen molar-refractivity contribution in [2.24, 2.45) is 0 Å². The first-order chi connectivity index (χ1) is 25.3. The molecular formula is C50H31N. The molecule has 1 heteroatoms. The quantitative estimate of drug-likeness (QED) is 0.172. The van der Waals surface area contributed by atoms with Gasteiger partial charge in [-0.05, 0) is 112 Å². The summed E-state index contributed by atoms with van der Waals surface area (Å²) in [7, 11) is 0. The zero-order chi connectivity index (χ0) is 33.5. The van der Waals surface area contributed by atoms with Gasteiger partial charge in [-0.3, -0.25) is 0 Å². The molecule has 0 aliphatic rings. The first-order valence-electron chi connectivity index (χ1n) is 17.7. The van der Waals surface area contributed by atoms with Crippen molar-refractivity contribution in [1.82, 2.24) is 0 Å². The number of benzene rings is 10. The first-order valence-corrected chi connectivity index (χ1v) is 17.7. The van der Waals surface area contributed by atoms with E-state index in [1.807, 2.05) is 0 Å². The maximum absolute atomic E-state index is 2.43. The summed E-state index contributed by atoms with van der Waals surface area (Å²) in [6, 6.07) is 69.4. The van der Waals surface area contributed by atoms with Crippen LogP contribution in [0.1, 0.15) is 0 Å². The van der Waals surface area contributed by atoms with Crippen LogP contribution in [-0.2, 0) is 0 Å². The summed E-state index contributed by atoms with van der Waals surface area (Å²) < 4.78 is 0. The van der Waals surface area contributed by atoms with Crippen LogP contribution in [0.15, 0.2) is 188 Å². The van der Waals surface area contributed by atoms with E-state index < -0.39 is 0 Å². The summed E-state index contributed by atoms with van der Waals surface area (Å²) >= 11 is 0. The topological polar surface area (TPSA) is 3.24 Å². The molecule has 236 valence electrons. The molecule has 0 amide bonds. The molecule has 0 N–H and O–H groups in total. The van der Waals surface area contributed by atoms with Crippen LogP contribution in [0.25, 0.3) is 86.5 Å². The highest BCUT2D eigenvalue weighted by Gasteiger charge is 2.21. The monoisotopic (exact) mass is 645 g/mol. The summed E-state index contributed by atoms with van der Waals surface area (Å²) in [4.78, 5) is 2.43. The zero-order valence-electron chi connectivity index (χ0n) is 27.8. The summed E-state index contributed by atoms with van der Waals surface area (Å²) in [5.74, 6) is 0.